The van der Waals surface area contributed by atoms with Gasteiger partial charge in [-0.05, 0) is 12.1 Å². The Kier molecular flexibility index (Phi) is 3.31. The van der Waals surface area contributed by atoms with Gasteiger partial charge in [0.15, 0.2) is 6.10 Å². The molecule has 1 atom stereocenters. The lowest BCUT2D eigenvalue weighted by molar-refractivity contribution is -0.150. The number of pyridine rings is 1. The second kappa shape index (κ2) is 4.16. The highest BCUT2D eigenvalue weighted by Crippen LogP contribution is 2.26. The zero-order valence-electron chi connectivity index (χ0n) is 8.44. The van der Waals surface area contributed by atoms with Gasteiger partial charge in [-0.2, -0.15) is 0 Å². The Bertz CT molecular complexity index is 379. The van der Waals surface area contributed by atoms with Crippen molar-refractivity contribution in [3.05, 3.63) is 29.0 Å². The molecular weight excluding hydrogens is 218 g/mol. The molecule has 1 aromatic rings. The van der Waals surface area contributed by atoms with E-state index in [0.717, 1.165) is 0 Å². The summed E-state index contributed by atoms with van der Waals surface area (Å²) >= 11 is 5.69. The molecule has 0 aromatic carbocycles. The van der Waals surface area contributed by atoms with Crippen molar-refractivity contribution >= 4 is 17.6 Å². The molecule has 4 nitrogen and oxygen atoms in total. The predicted molar refractivity (Wildman–Crippen MR) is 55.9 cm³/mol. The van der Waals surface area contributed by atoms with E-state index < -0.39 is 17.5 Å². The maximum Gasteiger partial charge on any atom is 0.333 e. The molecule has 0 aliphatic heterocycles. The van der Waals surface area contributed by atoms with Crippen molar-refractivity contribution in [3.63, 3.8) is 0 Å². The molecule has 1 aromatic heterocycles. The minimum atomic E-state index is -1.51. The molecule has 0 aliphatic carbocycles. The van der Waals surface area contributed by atoms with Crippen LogP contribution >= 0.6 is 11.6 Å². The summed E-state index contributed by atoms with van der Waals surface area (Å²) in [6, 6.07) is 4.90. The van der Waals surface area contributed by atoms with Crippen molar-refractivity contribution in [2.75, 3.05) is 0 Å². The number of hydrogen-bond acceptors (Lipinski definition) is 3. The number of hydrogen-bond donors (Lipinski definition) is 2. The second-order valence-electron chi connectivity index (χ2n) is 3.81. The van der Waals surface area contributed by atoms with Gasteiger partial charge in [-0.1, -0.05) is 31.5 Å². The minimum Gasteiger partial charge on any atom is -0.479 e. The standard InChI is InChI=1S/C10H12ClNO3/c1-10(2,8(13)9(14)15)6-4-3-5-7(11)12-6/h3-5,8,13H,1-2H3,(H,14,15). The smallest absolute Gasteiger partial charge is 0.333 e. The van der Waals surface area contributed by atoms with Crippen LogP contribution in [0.4, 0.5) is 0 Å². The molecule has 2 N–H and O–H groups in total. The van der Waals surface area contributed by atoms with Gasteiger partial charge >= 0.3 is 5.97 Å². The normalized spacial score (nSPS) is 13.6. The topological polar surface area (TPSA) is 70.4 Å². The first-order chi connectivity index (χ1) is 6.85. The number of nitrogens with zero attached hydrogens (tertiary/aromatic N) is 1. The number of aliphatic carboxylic acids is 1. The van der Waals surface area contributed by atoms with Crippen molar-refractivity contribution in [1.82, 2.24) is 4.98 Å². The first-order valence-corrected chi connectivity index (χ1v) is 4.77. The van der Waals surface area contributed by atoms with E-state index in [-0.39, 0.29) is 5.15 Å². The maximum absolute atomic E-state index is 10.7. The Hall–Kier alpha value is -1.13. The van der Waals surface area contributed by atoms with Gasteiger partial charge in [0.25, 0.3) is 0 Å². The number of aliphatic hydroxyl groups excluding tert-OH is 1. The van der Waals surface area contributed by atoms with Crippen LogP contribution in [-0.4, -0.2) is 27.3 Å². The Labute approximate surface area is 92.5 Å². The largest absolute Gasteiger partial charge is 0.479 e. The average Bonchev–Trinajstić information content (AvgIpc) is 2.16. The van der Waals surface area contributed by atoms with Crippen molar-refractivity contribution in [3.8, 4) is 0 Å². The van der Waals surface area contributed by atoms with Gasteiger partial charge in [0.05, 0.1) is 5.69 Å². The van der Waals surface area contributed by atoms with E-state index >= 15 is 0 Å². The van der Waals surface area contributed by atoms with Crippen molar-refractivity contribution in [2.45, 2.75) is 25.4 Å². The van der Waals surface area contributed by atoms with E-state index in [0.29, 0.717) is 5.69 Å². The number of aliphatic hydroxyl groups is 1. The van der Waals surface area contributed by atoms with Crippen molar-refractivity contribution < 1.29 is 15.0 Å². The summed E-state index contributed by atoms with van der Waals surface area (Å²) in [4.78, 5) is 14.7. The van der Waals surface area contributed by atoms with Gasteiger partial charge < -0.3 is 10.2 Å². The van der Waals surface area contributed by atoms with Crippen LogP contribution in [0.25, 0.3) is 0 Å². The predicted octanol–water partition coefficient (Wildman–Crippen LogP) is 1.46. The fraction of sp³-hybridized carbons (Fsp3) is 0.400. The molecule has 15 heavy (non-hydrogen) atoms. The Morgan fingerprint density at radius 3 is 2.60 bits per heavy atom. The Morgan fingerprint density at radius 1 is 1.53 bits per heavy atom. The summed E-state index contributed by atoms with van der Waals surface area (Å²) in [7, 11) is 0. The average molecular weight is 230 g/mol. The summed E-state index contributed by atoms with van der Waals surface area (Å²) in [6.07, 6.45) is -1.51. The van der Waals surface area contributed by atoms with Crippen LogP contribution in [0, 0.1) is 0 Å². The van der Waals surface area contributed by atoms with Crippen molar-refractivity contribution in [1.29, 1.82) is 0 Å². The lowest BCUT2D eigenvalue weighted by atomic mass is 9.82. The summed E-state index contributed by atoms with van der Waals surface area (Å²) in [5.41, 5.74) is -0.526. The van der Waals surface area contributed by atoms with Crippen LogP contribution in [0.5, 0.6) is 0 Å². The highest BCUT2D eigenvalue weighted by atomic mass is 35.5. The monoisotopic (exact) mass is 229 g/mol. The zero-order chi connectivity index (χ0) is 11.6. The number of rotatable bonds is 3. The van der Waals surface area contributed by atoms with Crippen LogP contribution in [-0.2, 0) is 10.2 Å². The molecule has 0 saturated heterocycles. The van der Waals surface area contributed by atoms with Gasteiger partial charge in [-0.15, -0.1) is 0 Å². The number of carbonyl (C=O) groups is 1. The lowest BCUT2D eigenvalue weighted by Crippen LogP contribution is -2.40. The number of carboxylic acids is 1. The third-order valence-electron chi connectivity index (χ3n) is 2.29. The molecule has 0 saturated carbocycles. The lowest BCUT2D eigenvalue weighted by Gasteiger charge is -2.26. The van der Waals surface area contributed by atoms with Gasteiger partial charge in [0.1, 0.15) is 5.15 Å². The summed E-state index contributed by atoms with van der Waals surface area (Å²) in [5, 5.41) is 18.5. The van der Waals surface area contributed by atoms with E-state index in [4.69, 9.17) is 16.7 Å². The first-order valence-electron chi connectivity index (χ1n) is 4.39. The molecule has 0 bridgehead atoms. The quantitative estimate of drug-likeness (QED) is 0.770. The molecule has 5 heteroatoms. The van der Waals surface area contributed by atoms with Crippen LogP contribution in [0.15, 0.2) is 18.2 Å². The van der Waals surface area contributed by atoms with E-state index in [9.17, 15) is 9.90 Å². The van der Waals surface area contributed by atoms with Crippen LogP contribution < -0.4 is 0 Å². The third-order valence-corrected chi connectivity index (χ3v) is 2.50. The summed E-state index contributed by atoms with van der Waals surface area (Å²) in [5.74, 6) is -1.28. The molecule has 0 fully saturated rings. The van der Waals surface area contributed by atoms with Gasteiger partial charge in [-0.25, -0.2) is 9.78 Å². The molecule has 0 spiro atoms. The number of carboxylic acid groups (broad SMARTS) is 1. The fourth-order valence-corrected chi connectivity index (χ4v) is 1.38. The van der Waals surface area contributed by atoms with E-state index in [1.807, 2.05) is 0 Å². The molecule has 1 unspecified atom stereocenters. The summed E-state index contributed by atoms with van der Waals surface area (Å²) in [6.45, 7) is 3.20. The molecule has 0 amide bonds. The molecule has 82 valence electrons. The number of aromatic nitrogens is 1. The van der Waals surface area contributed by atoms with E-state index in [1.54, 1.807) is 32.0 Å². The highest BCUT2D eigenvalue weighted by molar-refractivity contribution is 6.29. The van der Waals surface area contributed by atoms with Crippen LogP contribution in [0.1, 0.15) is 19.5 Å². The molecular formula is C10H12ClNO3. The van der Waals surface area contributed by atoms with Crippen LogP contribution in [0.3, 0.4) is 0 Å². The van der Waals surface area contributed by atoms with Crippen molar-refractivity contribution in [2.24, 2.45) is 0 Å². The Morgan fingerprint density at radius 2 is 2.13 bits per heavy atom. The molecule has 0 aliphatic rings. The second-order valence-corrected chi connectivity index (χ2v) is 4.20. The summed E-state index contributed by atoms with van der Waals surface area (Å²) < 4.78 is 0. The Balaban J connectivity index is 3.10. The fourth-order valence-electron chi connectivity index (χ4n) is 1.22. The third kappa shape index (κ3) is 2.46. The maximum atomic E-state index is 10.7. The van der Waals surface area contributed by atoms with Gasteiger partial charge in [0, 0.05) is 5.41 Å². The zero-order valence-corrected chi connectivity index (χ0v) is 9.19. The molecule has 1 heterocycles. The minimum absolute atomic E-state index is 0.276. The van der Waals surface area contributed by atoms with E-state index in [1.165, 1.54) is 0 Å². The number of halogens is 1. The first kappa shape index (κ1) is 11.9. The van der Waals surface area contributed by atoms with Gasteiger partial charge in [-0.3, -0.25) is 0 Å². The molecule has 0 radical (unpaired) electrons. The SMILES string of the molecule is CC(C)(c1cccc(Cl)n1)C(O)C(=O)O. The molecule has 1 rings (SSSR count). The highest BCUT2D eigenvalue weighted by Gasteiger charge is 2.36. The van der Waals surface area contributed by atoms with E-state index in [2.05, 4.69) is 4.98 Å². The van der Waals surface area contributed by atoms with Crippen LogP contribution in [0.2, 0.25) is 5.15 Å². The van der Waals surface area contributed by atoms with Gasteiger partial charge in [0.2, 0.25) is 0 Å².